The van der Waals surface area contributed by atoms with E-state index >= 15 is 0 Å². The number of quaternary nitrogens is 1. The molecule has 32 nitrogen and oxygen atoms in total. The van der Waals surface area contributed by atoms with Crippen molar-refractivity contribution in [2.45, 2.75) is 198 Å². The van der Waals surface area contributed by atoms with Crippen molar-refractivity contribution in [3.63, 3.8) is 0 Å². The van der Waals surface area contributed by atoms with Gasteiger partial charge in [-0.3, -0.25) is 0 Å². The number of methoxy groups -OCH3 is 8. The van der Waals surface area contributed by atoms with Gasteiger partial charge in [-0.05, 0) is 61.8 Å². The zero-order valence-electron chi connectivity index (χ0n) is 54.3. The van der Waals surface area contributed by atoms with E-state index in [1.54, 1.807) is 4.90 Å². The summed E-state index contributed by atoms with van der Waals surface area (Å²) in [7, 11) is 4.88. The van der Waals surface area contributed by atoms with E-state index in [9.17, 15) is 71.9 Å². The Hall–Kier alpha value is -1.16. The van der Waals surface area contributed by atoms with Gasteiger partial charge in [0.2, 0.25) is 0 Å². The van der Waals surface area contributed by atoms with Gasteiger partial charge < -0.3 is 136 Å². The normalized spacial score (nSPS) is 37.5. The summed E-state index contributed by atoms with van der Waals surface area (Å²) < 4.78 is 134. The molecule has 2 aliphatic carbocycles. The number of benzene rings is 1. The molecule has 12 N–H and O–H groups in total. The number of aromatic hydroxyl groups is 1. The molecule has 5 heterocycles. The van der Waals surface area contributed by atoms with Crippen molar-refractivity contribution in [2.24, 2.45) is 5.92 Å². The smallest absolute Gasteiger partial charge is 0.748 e. The van der Waals surface area contributed by atoms with Crippen molar-refractivity contribution >= 4 is 20.2 Å². The molecule has 5 saturated heterocycles. The van der Waals surface area contributed by atoms with Gasteiger partial charge in [-0.25, -0.2) is 16.8 Å². The molecule has 7 aliphatic rings. The molecular weight excluding hydrogens is 1280 g/mol. The van der Waals surface area contributed by atoms with E-state index in [-0.39, 0.29) is 82.0 Å². The fourth-order valence-electron chi connectivity index (χ4n) is 12.8. The number of unbranched alkanes of at least 4 members (excludes halogenated alkanes) is 2. The van der Waals surface area contributed by atoms with Gasteiger partial charge >= 0.3 is 29.6 Å². The van der Waals surface area contributed by atoms with Crippen LogP contribution in [0.15, 0.2) is 18.2 Å². The number of piperidine rings is 1. The summed E-state index contributed by atoms with van der Waals surface area (Å²) in [5.41, 5.74) is 3.41. The van der Waals surface area contributed by atoms with Crippen molar-refractivity contribution in [1.29, 1.82) is 0 Å². The van der Waals surface area contributed by atoms with Crippen LogP contribution >= 0.6 is 0 Å². The first-order valence-electron chi connectivity index (χ1n) is 30.3. The maximum Gasteiger partial charge on any atom is 1.00 e. The van der Waals surface area contributed by atoms with Gasteiger partial charge in [0.05, 0.1) is 66.3 Å². The number of fused-ring (bicyclic) bond motifs is 1. The number of aliphatic hydroxyl groups excluding tert-OH is 10. The minimum absolute atomic E-state index is 0. The molecule has 0 aromatic heterocycles. The molecule has 0 radical (unpaired) electrons. The van der Waals surface area contributed by atoms with Gasteiger partial charge in [0.25, 0.3) is 0 Å². The Kier molecular flexibility index (Phi) is 38.3. The number of likely N-dealkylation sites (tertiary alicyclic amines) is 1. The average molecular weight is 1380 g/mol. The summed E-state index contributed by atoms with van der Waals surface area (Å²) in [6, 6.07) is 6.96. The van der Waals surface area contributed by atoms with E-state index in [2.05, 4.69) is 19.2 Å². The number of hydrogen-bond acceptors (Lipinski definition) is 31. The van der Waals surface area contributed by atoms with E-state index in [4.69, 9.17) is 76.5 Å². The largest absolute Gasteiger partial charge is 1.00 e. The monoisotopic (exact) mass is 1380 g/mol. The number of phenols is 1. The van der Waals surface area contributed by atoms with Crippen LogP contribution in [0.5, 0.6) is 5.75 Å². The predicted octanol–water partition coefficient (Wildman–Crippen LogP) is -8.29. The van der Waals surface area contributed by atoms with Gasteiger partial charge in [-0.2, -0.15) is 0 Å². The summed E-state index contributed by atoms with van der Waals surface area (Å²) in [4.78, 5) is 1.74. The van der Waals surface area contributed by atoms with Crippen molar-refractivity contribution in [2.75, 3.05) is 122 Å². The Morgan fingerprint density at radius 2 is 0.902 bits per heavy atom. The first kappa shape index (κ1) is 85.1. The zero-order valence-corrected chi connectivity index (χ0v) is 57.9. The third-order valence-electron chi connectivity index (χ3n) is 17.6. The molecule has 0 amide bonds. The molecule has 0 spiro atoms. The number of ether oxygens (including phenoxy) is 14. The van der Waals surface area contributed by atoms with E-state index in [1.807, 2.05) is 6.07 Å². The minimum Gasteiger partial charge on any atom is -0.748 e. The maximum atomic E-state index is 10.4. The van der Waals surface area contributed by atoms with E-state index in [0.717, 1.165) is 12.0 Å². The fourth-order valence-corrected chi connectivity index (χ4v) is 13.9. The Labute approximate surface area is 561 Å². The van der Waals surface area contributed by atoms with Crippen LogP contribution in [0.4, 0.5) is 0 Å². The van der Waals surface area contributed by atoms with Gasteiger partial charge in [-0.15, -0.1) is 0 Å². The summed E-state index contributed by atoms with van der Waals surface area (Å²) >= 11 is 0. The molecule has 6 fully saturated rings. The molecule has 1 aromatic carbocycles. The van der Waals surface area contributed by atoms with Crippen LogP contribution in [-0.4, -0.2) is 333 Å². The Bertz CT molecular complexity index is 2310. The number of rotatable bonds is 24. The molecule has 35 heteroatoms. The predicted molar refractivity (Wildman–Crippen MR) is 313 cm³/mol. The third kappa shape index (κ3) is 23.8. The van der Waals surface area contributed by atoms with Crippen LogP contribution in [0, 0.1) is 5.92 Å². The molecule has 1 aromatic rings. The average Bonchev–Trinajstić information content (AvgIpc) is 0.720. The standard InChI is InChI=1S/C17H23NO.2C12H24O9S.2C8H16O6.Na/c1-18-9-8-17-7-3-2-4-14(17)16(18)10-12-5-6-13(19)11-15(12)17;2*1-18-11-8(21-12(19-2)10(14)9(11)13)7-20-5-3-4-6-22(15,16)17;2*1-12-7-4(3-9)14-8(13-2)6(11)5(7)10;/h5-6,11,14,16,19H,2-4,7-10H2,1H3;2*8-14H,3-7H2,1-2H3,(H,15,16,17);2*4-11H,3H2,1-2H3;/q;;;;;+1/p-1/t14-,16+,17+;;;;;/m0...../s1. The van der Waals surface area contributed by atoms with E-state index in [1.165, 1.54) is 113 Å². The minimum atomic E-state index is -4.20. The Morgan fingerprint density at radius 3 is 1.25 bits per heavy atom. The van der Waals surface area contributed by atoms with Crippen LogP contribution in [-0.2, 0) is 98.4 Å². The topological polar surface area (TPSA) is 471 Å². The second-order valence-corrected chi connectivity index (χ2v) is 26.3. The quantitative estimate of drug-likeness (QED) is 0.0260. The summed E-state index contributed by atoms with van der Waals surface area (Å²) in [6.45, 7) is 1.32. The molecule has 8 rings (SSSR count). The van der Waals surface area contributed by atoms with Crippen LogP contribution in [0.2, 0.25) is 0 Å². The second-order valence-electron chi connectivity index (χ2n) is 23.3. The molecule has 2 bridgehead atoms. The van der Waals surface area contributed by atoms with Crippen molar-refractivity contribution < 1.29 is 183 Å². The van der Waals surface area contributed by atoms with Gasteiger partial charge in [0, 0.05) is 106 Å². The van der Waals surface area contributed by atoms with Crippen LogP contribution < -0.4 is 34.5 Å². The zero-order chi connectivity index (χ0) is 68.0. The molecule has 24 atom stereocenters. The Balaban J connectivity index is 0.000000303. The number of nitrogens with one attached hydrogen (secondary N) is 1. The molecule has 534 valence electrons. The number of likely N-dealkylation sites (N-methyl/N-ethyl adjacent to an activating group) is 1. The summed E-state index contributed by atoms with van der Waals surface area (Å²) in [5.74, 6) is 0.466. The van der Waals surface area contributed by atoms with Gasteiger partial charge in [0.1, 0.15) is 103 Å². The number of aliphatic hydroxyl groups is 10. The molecule has 92 heavy (non-hydrogen) atoms. The summed E-state index contributed by atoms with van der Waals surface area (Å²) in [5, 5.41) is 105. The summed E-state index contributed by atoms with van der Waals surface area (Å²) in [6.07, 6.45) is -9.67. The maximum absolute atomic E-state index is 10.4. The van der Waals surface area contributed by atoms with Crippen molar-refractivity contribution in [3.8, 4) is 5.75 Å². The van der Waals surface area contributed by atoms with Crippen LogP contribution in [0.3, 0.4) is 0 Å². The van der Waals surface area contributed by atoms with Crippen molar-refractivity contribution in [1.82, 2.24) is 0 Å². The Morgan fingerprint density at radius 1 is 0.533 bits per heavy atom. The van der Waals surface area contributed by atoms with E-state index in [0.29, 0.717) is 24.0 Å². The fraction of sp³-hybridized carbons (Fsp3) is 0.895. The molecular formula is C57H102NNaO31S2. The second kappa shape index (κ2) is 41.4. The third-order valence-corrected chi connectivity index (χ3v) is 19.2. The van der Waals surface area contributed by atoms with Crippen LogP contribution in [0.25, 0.3) is 0 Å². The molecule has 21 unspecified atom stereocenters. The molecule has 1 saturated carbocycles. The molecule has 5 aliphatic heterocycles. The van der Waals surface area contributed by atoms with Crippen molar-refractivity contribution in [3.05, 3.63) is 29.3 Å². The number of hydrogen-bond donors (Lipinski definition) is 12. The number of phenolic OH excluding ortho intramolecular Hbond substituents is 1. The van der Waals surface area contributed by atoms with Gasteiger partial charge in [-0.1, -0.05) is 18.9 Å². The SMILES string of the molecule is COC1OC(CO)C(OC)C(O)C1O.COC1OC(CO)C(OC)C(O)C1O.COC1OC(COCCCCS(=O)(=O)[O-])C(OC)C(O)C1O.COC1OC(COCCCCS(=O)(=O)[O-])C(OC)C(O)C1O.C[NH+]1CC[C@]23CCCC[C@H]2[C@H]1Cc1ccc(O)cc13.[Na+]. The van der Waals surface area contributed by atoms with Gasteiger partial charge in [0.15, 0.2) is 25.2 Å². The first-order chi connectivity index (χ1) is 43.1. The van der Waals surface area contributed by atoms with Crippen LogP contribution in [0.1, 0.15) is 68.9 Å². The van der Waals surface area contributed by atoms with E-state index < -0.39 is 155 Å². The first-order valence-corrected chi connectivity index (χ1v) is 33.4.